The molecule has 0 spiro atoms. The second kappa shape index (κ2) is 5.28. The van der Waals surface area contributed by atoms with Crippen LogP contribution in [0.25, 0.3) is 21.8 Å². The van der Waals surface area contributed by atoms with Gasteiger partial charge in [0.15, 0.2) is 5.75 Å². The number of hydrogen-bond donors (Lipinski definition) is 0. The van der Waals surface area contributed by atoms with Gasteiger partial charge in [-0.1, -0.05) is 36.4 Å². The molecule has 0 atom stereocenters. The lowest BCUT2D eigenvalue weighted by molar-refractivity contribution is -0.581. The first-order valence-electron chi connectivity index (χ1n) is 7.27. The summed E-state index contributed by atoms with van der Waals surface area (Å²) < 4.78 is 12.3. The minimum absolute atomic E-state index is 0.753. The number of aromatic nitrogens is 2. The zero-order valence-corrected chi connectivity index (χ0v) is 12.9. The molecular weight excluding hydrogens is 290 g/mol. The predicted octanol–water partition coefficient (Wildman–Crippen LogP) is 3.34. The van der Waals surface area contributed by atoms with Crippen LogP contribution in [0, 0.1) is 0 Å². The van der Waals surface area contributed by atoms with Crippen LogP contribution in [0.2, 0.25) is 0 Å². The molecule has 3 aromatic carbocycles. The highest BCUT2D eigenvalue weighted by Gasteiger charge is 2.15. The van der Waals surface area contributed by atoms with Crippen LogP contribution in [0.1, 0.15) is 0 Å². The summed E-state index contributed by atoms with van der Waals surface area (Å²) in [6, 6.07) is 17.6. The van der Waals surface area contributed by atoms with Crippen molar-refractivity contribution < 1.29 is 14.0 Å². The van der Waals surface area contributed by atoms with Crippen molar-refractivity contribution in [1.29, 1.82) is 0 Å². The Morgan fingerprint density at radius 1 is 0.913 bits per heavy atom. The first kappa shape index (κ1) is 13.6. The Kier molecular flexibility index (Phi) is 3.12. The number of rotatable bonds is 3. The van der Waals surface area contributed by atoms with Gasteiger partial charge >= 0.3 is 0 Å². The van der Waals surface area contributed by atoms with Crippen LogP contribution in [-0.2, 0) is 0 Å². The number of nitrogens with zero attached hydrogens (tertiary/aromatic N) is 3. The zero-order valence-electron chi connectivity index (χ0n) is 12.9. The predicted molar refractivity (Wildman–Crippen MR) is 87.6 cm³/mol. The van der Waals surface area contributed by atoms with E-state index in [0.717, 1.165) is 39.0 Å². The van der Waals surface area contributed by atoms with Crippen LogP contribution in [-0.4, -0.2) is 14.2 Å². The lowest BCUT2D eigenvalue weighted by Gasteiger charge is -2.01. The van der Waals surface area contributed by atoms with Gasteiger partial charge in [-0.25, -0.2) is 0 Å². The molecule has 0 unspecified atom stereocenters. The Morgan fingerprint density at radius 2 is 1.74 bits per heavy atom. The Morgan fingerprint density at radius 3 is 2.48 bits per heavy atom. The molecular formula is C18H15N3O2. The van der Waals surface area contributed by atoms with Gasteiger partial charge in [0.25, 0.3) is 5.52 Å². The maximum atomic E-state index is 5.50. The molecule has 5 heteroatoms. The summed E-state index contributed by atoms with van der Waals surface area (Å²) in [5.41, 5.74) is 2.56. The summed E-state index contributed by atoms with van der Waals surface area (Å²) in [6.45, 7) is 0. The van der Waals surface area contributed by atoms with E-state index >= 15 is 0 Å². The maximum absolute atomic E-state index is 5.50. The minimum atomic E-state index is 0.753. The molecule has 0 amide bonds. The van der Waals surface area contributed by atoms with E-state index in [1.165, 1.54) is 0 Å². The van der Waals surface area contributed by atoms with Crippen LogP contribution in [0.5, 0.6) is 11.5 Å². The van der Waals surface area contributed by atoms with E-state index < -0.39 is 0 Å². The molecule has 0 saturated carbocycles. The summed E-state index contributed by atoms with van der Waals surface area (Å²) in [7, 11) is 3.30. The Labute approximate surface area is 132 Å². The minimum Gasteiger partial charge on any atom is -0.497 e. The maximum Gasteiger partial charge on any atom is 0.275 e. The van der Waals surface area contributed by atoms with Crippen molar-refractivity contribution in [3.63, 3.8) is 0 Å². The van der Waals surface area contributed by atoms with Gasteiger partial charge in [0.2, 0.25) is 0 Å². The van der Waals surface area contributed by atoms with Gasteiger partial charge in [-0.05, 0) is 23.6 Å². The number of hydrogen-bond acceptors (Lipinski definition) is 3. The smallest absolute Gasteiger partial charge is 0.275 e. The van der Waals surface area contributed by atoms with E-state index in [1.807, 2.05) is 48.5 Å². The highest BCUT2D eigenvalue weighted by molar-refractivity contribution is 6.07. The third-order valence-electron chi connectivity index (χ3n) is 3.86. The first-order chi connectivity index (χ1) is 11.3. The quantitative estimate of drug-likeness (QED) is 0.545. The number of methoxy groups -OCH3 is 2. The van der Waals surface area contributed by atoms with Crippen LogP contribution in [0.15, 0.2) is 59.7 Å². The van der Waals surface area contributed by atoms with Gasteiger partial charge in [-0.15, -0.1) is 4.48 Å². The van der Waals surface area contributed by atoms with Gasteiger partial charge in [0.1, 0.15) is 5.75 Å². The normalized spacial score (nSPS) is 12.2. The topological polar surface area (TPSA) is 50.8 Å². The van der Waals surface area contributed by atoms with Crippen molar-refractivity contribution in [3.05, 3.63) is 54.6 Å². The fraction of sp³-hybridized carbons (Fsp3) is 0.111. The second-order valence-corrected chi connectivity index (χ2v) is 5.18. The van der Waals surface area contributed by atoms with E-state index in [1.54, 1.807) is 18.7 Å². The van der Waals surface area contributed by atoms with Crippen LogP contribution in [0.3, 0.4) is 0 Å². The van der Waals surface area contributed by atoms with Crippen molar-refractivity contribution in [3.8, 4) is 11.5 Å². The molecule has 4 aromatic rings. The molecule has 4 rings (SSSR count). The van der Waals surface area contributed by atoms with E-state index in [0.29, 0.717) is 0 Å². The summed E-state index contributed by atoms with van der Waals surface area (Å²) in [6.07, 6.45) is 0. The lowest BCUT2D eigenvalue weighted by atomic mass is 10.1. The average molecular weight is 305 g/mol. The molecule has 23 heavy (non-hydrogen) atoms. The molecule has 5 nitrogen and oxygen atoms in total. The molecule has 114 valence electrons. The largest absolute Gasteiger partial charge is 0.497 e. The van der Waals surface area contributed by atoms with Crippen molar-refractivity contribution in [2.45, 2.75) is 0 Å². The van der Waals surface area contributed by atoms with E-state index in [4.69, 9.17) is 9.47 Å². The first-order valence-corrected chi connectivity index (χ1v) is 7.27. The van der Waals surface area contributed by atoms with Crippen molar-refractivity contribution in [1.82, 2.24) is 5.10 Å². The summed E-state index contributed by atoms with van der Waals surface area (Å²) in [5.74, 6) is 1.55. The van der Waals surface area contributed by atoms with Gasteiger partial charge in [0.05, 0.1) is 19.6 Å². The molecule has 0 saturated heterocycles. The van der Waals surface area contributed by atoms with E-state index in [2.05, 4.69) is 16.3 Å². The molecule has 1 aromatic heterocycles. The number of ether oxygens (including phenoxy) is 2. The average Bonchev–Trinajstić information content (AvgIpc) is 2.96. The third kappa shape index (κ3) is 2.17. The lowest BCUT2D eigenvalue weighted by Crippen LogP contribution is -2.19. The fourth-order valence-electron chi connectivity index (χ4n) is 2.75. The SMILES string of the molecule is COc1ccc(N=[n+]2[n-]c3cccc4ccc(OC)c2c43)cc1. The summed E-state index contributed by atoms with van der Waals surface area (Å²) in [5, 5.41) is 11.4. The molecule has 0 aliphatic carbocycles. The van der Waals surface area contributed by atoms with Crippen molar-refractivity contribution in [2.24, 2.45) is 5.11 Å². The van der Waals surface area contributed by atoms with E-state index in [9.17, 15) is 0 Å². The van der Waals surface area contributed by atoms with Gasteiger partial charge in [0, 0.05) is 11.2 Å². The zero-order chi connectivity index (χ0) is 15.8. The number of benzene rings is 3. The second-order valence-electron chi connectivity index (χ2n) is 5.18. The van der Waals surface area contributed by atoms with Crippen LogP contribution in [0.4, 0.5) is 5.69 Å². The van der Waals surface area contributed by atoms with Crippen LogP contribution >= 0.6 is 0 Å². The summed E-state index contributed by atoms with van der Waals surface area (Å²) in [4.78, 5) is 0. The molecule has 0 radical (unpaired) electrons. The Hall–Kier alpha value is -3.08. The molecule has 0 N–H and O–H groups in total. The summed E-state index contributed by atoms with van der Waals surface area (Å²) >= 11 is 0. The van der Waals surface area contributed by atoms with E-state index in [-0.39, 0.29) is 0 Å². The molecule has 0 aliphatic rings. The Bertz CT molecular complexity index is 1040. The standard InChI is InChI=1S/C18H15N3O2/c1-22-14-9-7-13(8-10-14)19-21-18-16(23-2)11-6-12-4-3-5-15(20-21)17(12)18/h3-11H,1-2H3. The molecule has 1 heterocycles. The monoisotopic (exact) mass is 305 g/mol. The molecule has 0 aliphatic heterocycles. The fourth-order valence-corrected chi connectivity index (χ4v) is 2.75. The highest BCUT2D eigenvalue weighted by Crippen LogP contribution is 2.30. The van der Waals surface area contributed by atoms with Gasteiger partial charge in [-0.2, -0.15) is 10.2 Å². The molecule has 0 fully saturated rings. The van der Waals surface area contributed by atoms with Crippen molar-refractivity contribution >= 4 is 27.5 Å². The third-order valence-corrected chi connectivity index (χ3v) is 3.86. The van der Waals surface area contributed by atoms with Gasteiger partial charge in [-0.3, -0.25) is 0 Å². The van der Waals surface area contributed by atoms with Crippen molar-refractivity contribution in [2.75, 3.05) is 14.2 Å². The highest BCUT2D eigenvalue weighted by atomic mass is 16.5. The van der Waals surface area contributed by atoms with Gasteiger partial charge < -0.3 is 9.47 Å². The molecule has 0 bridgehead atoms. The Balaban J connectivity index is 2.02. The van der Waals surface area contributed by atoms with Crippen LogP contribution < -0.4 is 19.1 Å².